The second kappa shape index (κ2) is 7.61. The summed E-state index contributed by atoms with van der Waals surface area (Å²) in [7, 11) is 0. The number of amides is 2. The van der Waals surface area contributed by atoms with Gasteiger partial charge in [0.15, 0.2) is 0 Å². The van der Waals surface area contributed by atoms with Crippen LogP contribution in [0, 0.1) is 0 Å². The highest BCUT2D eigenvalue weighted by atomic mass is 35.5. The molecular formula is C17H17ClN2O2. The lowest BCUT2D eigenvalue weighted by atomic mass is 10.0. The van der Waals surface area contributed by atoms with Gasteiger partial charge in [0.2, 0.25) is 11.8 Å². The van der Waals surface area contributed by atoms with Gasteiger partial charge in [-0.25, -0.2) is 0 Å². The first-order chi connectivity index (χ1) is 10.6. The Morgan fingerprint density at radius 3 is 2.32 bits per heavy atom. The molecule has 2 N–H and O–H groups in total. The highest BCUT2D eigenvalue weighted by molar-refractivity contribution is 6.33. The summed E-state index contributed by atoms with van der Waals surface area (Å²) in [6.07, 6.45) is 0.134. The molecule has 2 amide bonds. The Morgan fingerprint density at radius 1 is 1.05 bits per heavy atom. The van der Waals surface area contributed by atoms with Crippen LogP contribution in [0.25, 0.3) is 0 Å². The van der Waals surface area contributed by atoms with E-state index in [1.165, 1.54) is 6.92 Å². The van der Waals surface area contributed by atoms with Crippen molar-refractivity contribution in [2.75, 3.05) is 5.32 Å². The predicted molar refractivity (Wildman–Crippen MR) is 87.7 cm³/mol. The summed E-state index contributed by atoms with van der Waals surface area (Å²) >= 11 is 6.02. The van der Waals surface area contributed by atoms with E-state index in [1.54, 1.807) is 24.3 Å². The van der Waals surface area contributed by atoms with Gasteiger partial charge in [-0.2, -0.15) is 0 Å². The zero-order valence-electron chi connectivity index (χ0n) is 12.2. The maximum atomic E-state index is 12.2. The summed E-state index contributed by atoms with van der Waals surface area (Å²) in [6, 6.07) is 16.0. The van der Waals surface area contributed by atoms with Crippen molar-refractivity contribution in [1.29, 1.82) is 0 Å². The molecule has 1 unspecified atom stereocenters. The van der Waals surface area contributed by atoms with Gasteiger partial charge in [0, 0.05) is 6.92 Å². The molecule has 0 aliphatic heterocycles. The molecule has 0 aliphatic carbocycles. The minimum absolute atomic E-state index is 0.134. The molecule has 22 heavy (non-hydrogen) atoms. The van der Waals surface area contributed by atoms with Crippen molar-refractivity contribution in [2.24, 2.45) is 0 Å². The lowest BCUT2D eigenvalue weighted by molar-refractivity contribution is -0.120. The minimum atomic E-state index is -0.374. The Labute approximate surface area is 134 Å². The van der Waals surface area contributed by atoms with E-state index in [4.69, 9.17) is 11.6 Å². The third-order valence-electron chi connectivity index (χ3n) is 3.12. The third-order valence-corrected chi connectivity index (χ3v) is 3.45. The smallest absolute Gasteiger partial charge is 0.226 e. The average molecular weight is 317 g/mol. The van der Waals surface area contributed by atoms with E-state index in [2.05, 4.69) is 10.6 Å². The first-order valence-electron chi connectivity index (χ1n) is 6.92. The normalized spacial score (nSPS) is 11.5. The van der Waals surface area contributed by atoms with E-state index in [1.807, 2.05) is 30.3 Å². The molecule has 0 saturated carbocycles. The first kappa shape index (κ1) is 16.0. The van der Waals surface area contributed by atoms with E-state index >= 15 is 0 Å². The molecule has 114 valence electrons. The average Bonchev–Trinajstić information content (AvgIpc) is 2.49. The zero-order valence-corrected chi connectivity index (χ0v) is 12.9. The highest BCUT2D eigenvalue weighted by Crippen LogP contribution is 2.22. The van der Waals surface area contributed by atoms with Crippen molar-refractivity contribution in [2.45, 2.75) is 19.4 Å². The molecule has 0 saturated heterocycles. The van der Waals surface area contributed by atoms with Gasteiger partial charge >= 0.3 is 0 Å². The molecule has 4 nitrogen and oxygen atoms in total. The number of benzene rings is 2. The van der Waals surface area contributed by atoms with Crippen molar-refractivity contribution in [3.63, 3.8) is 0 Å². The van der Waals surface area contributed by atoms with Crippen LogP contribution in [-0.2, 0) is 9.59 Å². The molecule has 0 radical (unpaired) electrons. The van der Waals surface area contributed by atoms with E-state index in [0.29, 0.717) is 10.7 Å². The van der Waals surface area contributed by atoms with Crippen LogP contribution in [0.15, 0.2) is 54.6 Å². The van der Waals surface area contributed by atoms with Gasteiger partial charge in [0.1, 0.15) is 0 Å². The summed E-state index contributed by atoms with van der Waals surface area (Å²) in [5, 5.41) is 6.03. The van der Waals surface area contributed by atoms with Crippen molar-refractivity contribution < 1.29 is 9.59 Å². The van der Waals surface area contributed by atoms with Crippen LogP contribution in [-0.4, -0.2) is 11.8 Å². The Hall–Kier alpha value is -2.33. The molecule has 0 spiro atoms. The minimum Gasteiger partial charge on any atom is -0.349 e. The van der Waals surface area contributed by atoms with E-state index in [-0.39, 0.29) is 24.3 Å². The second-order valence-electron chi connectivity index (χ2n) is 4.90. The van der Waals surface area contributed by atoms with Gasteiger partial charge < -0.3 is 10.6 Å². The molecule has 0 fully saturated rings. The molecule has 0 aromatic heterocycles. The summed E-state index contributed by atoms with van der Waals surface area (Å²) < 4.78 is 0. The van der Waals surface area contributed by atoms with Crippen LogP contribution < -0.4 is 10.6 Å². The van der Waals surface area contributed by atoms with Gasteiger partial charge in [-0.05, 0) is 17.7 Å². The Balaban J connectivity index is 2.08. The van der Waals surface area contributed by atoms with Gasteiger partial charge in [0.05, 0.1) is 23.2 Å². The maximum Gasteiger partial charge on any atom is 0.226 e. The quantitative estimate of drug-likeness (QED) is 0.886. The van der Waals surface area contributed by atoms with Crippen LogP contribution in [0.2, 0.25) is 5.02 Å². The highest BCUT2D eigenvalue weighted by Gasteiger charge is 2.17. The number of anilines is 1. The number of hydrogen-bond acceptors (Lipinski definition) is 2. The SMILES string of the molecule is CC(=O)NC(CC(=O)Nc1ccccc1Cl)c1ccccc1. The number of para-hydroxylation sites is 1. The number of carbonyl (C=O) groups is 2. The predicted octanol–water partition coefficient (Wildman–Crippen LogP) is 3.55. The monoisotopic (exact) mass is 316 g/mol. The standard InChI is InChI=1S/C17H17ClN2O2/c1-12(21)19-16(13-7-3-2-4-8-13)11-17(22)20-15-10-6-5-9-14(15)18/h2-10,16H,11H2,1H3,(H,19,21)(H,20,22). The molecular weight excluding hydrogens is 300 g/mol. The molecule has 0 bridgehead atoms. The van der Waals surface area contributed by atoms with Crippen molar-refractivity contribution >= 4 is 29.1 Å². The zero-order chi connectivity index (χ0) is 15.9. The third kappa shape index (κ3) is 4.60. The molecule has 2 aromatic rings. The molecule has 0 heterocycles. The van der Waals surface area contributed by atoms with Gasteiger partial charge in [-0.15, -0.1) is 0 Å². The van der Waals surface area contributed by atoms with E-state index in [9.17, 15) is 9.59 Å². The Bertz CT molecular complexity index is 659. The van der Waals surface area contributed by atoms with Crippen molar-refractivity contribution in [3.8, 4) is 0 Å². The summed E-state index contributed by atoms with van der Waals surface area (Å²) in [5.41, 5.74) is 1.44. The fraction of sp³-hybridized carbons (Fsp3) is 0.176. The van der Waals surface area contributed by atoms with E-state index < -0.39 is 0 Å². The Morgan fingerprint density at radius 2 is 1.68 bits per heavy atom. The fourth-order valence-electron chi connectivity index (χ4n) is 2.13. The van der Waals surface area contributed by atoms with Gasteiger partial charge in [-0.3, -0.25) is 9.59 Å². The lowest BCUT2D eigenvalue weighted by Crippen LogP contribution is -2.29. The number of halogens is 1. The molecule has 5 heteroatoms. The van der Waals surface area contributed by atoms with Crippen LogP contribution in [0.5, 0.6) is 0 Å². The molecule has 0 aliphatic rings. The number of hydrogen-bond donors (Lipinski definition) is 2. The lowest BCUT2D eigenvalue weighted by Gasteiger charge is -2.18. The molecule has 1 atom stereocenters. The van der Waals surface area contributed by atoms with Crippen molar-refractivity contribution in [3.05, 3.63) is 65.2 Å². The van der Waals surface area contributed by atoms with Crippen molar-refractivity contribution in [1.82, 2.24) is 5.32 Å². The van der Waals surface area contributed by atoms with Gasteiger partial charge in [-0.1, -0.05) is 54.1 Å². The first-order valence-corrected chi connectivity index (χ1v) is 7.30. The molecule has 2 rings (SSSR count). The Kier molecular flexibility index (Phi) is 5.55. The van der Waals surface area contributed by atoms with Crippen LogP contribution >= 0.6 is 11.6 Å². The van der Waals surface area contributed by atoms with Crippen LogP contribution in [0.4, 0.5) is 5.69 Å². The number of carbonyl (C=O) groups excluding carboxylic acids is 2. The summed E-state index contributed by atoms with van der Waals surface area (Å²) in [6.45, 7) is 1.43. The van der Waals surface area contributed by atoms with E-state index in [0.717, 1.165) is 5.56 Å². The maximum absolute atomic E-state index is 12.2. The van der Waals surface area contributed by atoms with Gasteiger partial charge in [0.25, 0.3) is 0 Å². The topological polar surface area (TPSA) is 58.2 Å². The second-order valence-corrected chi connectivity index (χ2v) is 5.30. The van der Waals surface area contributed by atoms with Crippen LogP contribution in [0.1, 0.15) is 24.9 Å². The summed E-state index contributed by atoms with van der Waals surface area (Å²) in [5.74, 6) is -0.393. The number of nitrogens with one attached hydrogen (secondary N) is 2. The molecule has 2 aromatic carbocycles. The largest absolute Gasteiger partial charge is 0.349 e. The number of rotatable bonds is 5. The fourth-order valence-corrected chi connectivity index (χ4v) is 2.32. The summed E-state index contributed by atoms with van der Waals surface area (Å²) in [4.78, 5) is 23.6. The van der Waals surface area contributed by atoms with Crippen LogP contribution in [0.3, 0.4) is 0 Å².